The summed E-state index contributed by atoms with van der Waals surface area (Å²) in [5.74, 6) is -3.25. The van der Waals surface area contributed by atoms with E-state index >= 15 is 0 Å². The van der Waals surface area contributed by atoms with Crippen molar-refractivity contribution in [3.05, 3.63) is 53.9 Å². The first kappa shape index (κ1) is 15.5. The quantitative estimate of drug-likeness (QED) is 0.921. The molecular formula is C16H13F3N2O2. The van der Waals surface area contributed by atoms with Gasteiger partial charge in [0.2, 0.25) is 0 Å². The van der Waals surface area contributed by atoms with E-state index in [9.17, 15) is 18.3 Å². The van der Waals surface area contributed by atoms with Crippen molar-refractivity contribution in [1.29, 1.82) is 0 Å². The molecule has 1 aromatic heterocycles. The number of nitrogens with zero attached hydrogens (tertiary/aromatic N) is 2. The van der Waals surface area contributed by atoms with Gasteiger partial charge in [-0.3, -0.25) is 4.98 Å². The zero-order valence-electron chi connectivity index (χ0n) is 12.1. The molecule has 120 valence electrons. The van der Waals surface area contributed by atoms with Crippen molar-refractivity contribution < 1.29 is 23.1 Å². The minimum atomic E-state index is -4.90. The lowest BCUT2D eigenvalue weighted by Gasteiger charge is -2.22. The van der Waals surface area contributed by atoms with Gasteiger partial charge in [-0.15, -0.1) is 0 Å². The molecule has 0 spiro atoms. The smallest absolute Gasteiger partial charge is 0.350 e. The molecule has 1 unspecified atom stereocenters. The summed E-state index contributed by atoms with van der Waals surface area (Å²) in [6.45, 7) is 1.92. The average Bonchev–Trinajstić information content (AvgIpc) is 2.91. The van der Waals surface area contributed by atoms with E-state index in [1.165, 1.54) is 0 Å². The normalized spacial score (nSPS) is 21.0. The Balaban J connectivity index is 1.82. The Morgan fingerprint density at radius 2 is 1.74 bits per heavy atom. The number of benzene rings is 1. The van der Waals surface area contributed by atoms with Crippen LogP contribution in [0, 0.1) is 6.92 Å². The number of aromatic nitrogens is 1. The van der Waals surface area contributed by atoms with Gasteiger partial charge in [-0.2, -0.15) is 13.2 Å². The summed E-state index contributed by atoms with van der Waals surface area (Å²) in [6.07, 6.45) is -2.19. The summed E-state index contributed by atoms with van der Waals surface area (Å²) in [5, 5.41) is 12.8. The van der Waals surface area contributed by atoms with Crippen molar-refractivity contribution in [2.45, 2.75) is 25.3 Å². The SMILES string of the molecule is Cc1cncc(-c2ccc(C3=NOC(O)(C(F)(F)F)C3)cc2)c1. The zero-order chi connectivity index (χ0) is 16.7. The van der Waals surface area contributed by atoms with Crippen molar-refractivity contribution in [3.63, 3.8) is 0 Å². The van der Waals surface area contributed by atoms with Crippen molar-refractivity contribution in [2.24, 2.45) is 5.16 Å². The van der Waals surface area contributed by atoms with Crippen LogP contribution in [0.25, 0.3) is 11.1 Å². The maximum absolute atomic E-state index is 12.7. The molecule has 0 amide bonds. The summed E-state index contributed by atoms with van der Waals surface area (Å²) < 4.78 is 38.1. The molecule has 0 radical (unpaired) electrons. The van der Waals surface area contributed by atoms with Crippen LogP contribution in [0.15, 0.2) is 47.9 Å². The number of halogens is 3. The summed E-state index contributed by atoms with van der Waals surface area (Å²) in [6, 6.07) is 8.77. The van der Waals surface area contributed by atoms with Crippen molar-refractivity contribution in [2.75, 3.05) is 0 Å². The number of aliphatic hydroxyl groups is 1. The van der Waals surface area contributed by atoms with Crippen LogP contribution in [0.3, 0.4) is 0 Å². The maximum Gasteiger partial charge on any atom is 0.458 e. The summed E-state index contributed by atoms with van der Waals surface area (Å²) in [5.41, 5.74) is 3.33. The van der Waals surface area contributed by atoms with Gasteiger partial charge in [-0.05, 0) is 29.7 Å². The molecule has 23 heavy (non-hydrogen) atoms. The Morgan fingerprint density at radius 1 is 1.09 bits per heavy atom. The standard InChI is InChI=1S/C16H13F3N2O2/c1-10-6-13(9-20-8-10)11-2-4-12(5-3-11)14-7-15(22,23-21-14)16(17,18)19/h2-6,8-9,22H,7H2,1H3. The number of hydrogen-bond donors (Lipinski definition) is 1. The zero-order valence-corrected chi connectivity index (χ0v) is 12.1. The lowest BCUT2D eigenvalue weighted by molar-refractivity contribution is -0.355. The van der Waals surface area contributed by atoms with Gasteiger partial charge >= 0.3 is 12.0 Å². The molecule has 4 nitrogen and oxygen atoms in total. The third kappa shape index (κ3) is 2.92. The van der Waals surface area contributed by atoms with E-state index in [4.69, 9.17) is 0 Å². The van der Waals surface area contributed by atoms with Crippen LogP contribution in [-0.2, 0) is 4.84 Å². The summed E-state index contributed by atoms with van der Waals surface area (Å²) in [7, 11) is 0. The lowest BCUT2D eigenvalue weighted by atomic mass is 9.99. The first-order chi connectivity index (χ1) is 10.8. The predicted molar refractivity (Wildman–Crippen MR) is 77.7 cm³/mol. The van der Waals surface area contributed by atoms with Gasteiger partial charge in [0.05, 0.1) is 12.1 Å². The van der Waals surface area contributed by atoms with E-state index in [0.29, 0.717) is 5.56 Å². The van der Waals surface area contributed by atoms with Gasteiger partial charge in [0.15, 0.2) is 0 Å². The van der Waals surface area contributed by atoms with Crippen molar-refractivity contribution >= 4 is 5.71 Å². The molecule has 1 aromatic carbocycles. The highest BCUT2D eigenvalue weighted by molar-refractivity contribution is 6.01. The predicted octanol–water partition coefficient (Wildman–Crippen LogP) is 3.43. The highest BCUT2D eigenvalue weighted by atomic mass is 19.4. The number of oxime groups is 1. The molecule has 0 saturated heterocycles. The topological polar surface area (TPSA) is 54.7 Å². The Hall–Kier alpha value is -2.41. The van der Waals surface area contributed by atoms with Crippen LogP contribution in [0.5, 0.6) is 0 Å². The molecule has 1 N–H and O–H groups in total. The fourth-order valence-corrected chi connectivity index (χ4v) is 2.30. The van der Waals surface area contributed by atoms with Crippen LogP contribution in [-0.4, -0.2) is 27.8 Å². The summed E-state index contributed by atoms with van der Waals surface area (Å²) in [4.78, 5) is 8.32. The minimum absolute atomic E-state index is 0.0544. The molecule has 3 rings (SSSR count). The highest BCUT2D eigenvalue weighted by Gasteiger charge is 2.60. The minimum Gasteiger partial charge on any atom is -0.350 e. The van der Waals surface area contributed by atoms with E-state index in [0.717, 1.165) is 16.7 Å². The molecule has 1 atom stereocenters. The van der Waals surface area contributed by atoms with Crippen LogP contribution in [0.2, 0.25) is 0 Å². The molecule has 2 heterocycles. The second kappa shape index (κ2) is 5.34. The first-order valence-electron chi connectivity index (χ1n) is 6.85. The number of alkyl halides is 3. The fraction of sp³-hybridized carbons (Fsp3) is 0.250. The number of rotatable bonds is 2. The molecular weight excluding hydrogens is 309 g/mol. The fourth-order valence-electron chi connectivity index (χ4n) is 2.30. The van der Waals surface area contributed by atoms with Crippen LogP contribution >= 0.6 is 0 Å². The van der Waals surface area contributed by atoms with E-state index in [2.05, 4.69) is 15.0 Å². The van der Waals surface area contributed by atoms with E-state index < -0.39 is 18.4 Å². The summed E-state index contributed by atoms with van der Waals surface area (Å²) >= 11 is 0. The van der Waals surface area contributed by atoms with Crippen LogP contribution in [0.4, 0.5) is 13.2 Å². The Morgan fingerprint density at radius 3 is 2.30 bits per heavy atom. The molecule has 0 bridgehead atoms. The Bertz CT molecular complexity index is 757. The van der Waals surface area contributed by atoms with Gasteiger partial charge in [0.1, 0.15) is 0 Å². The van der Waals surface area contributed by atoms with Gasteiger partial charge in [0, 0.05) is 18.0 Å². The van der Waals surface area contributed by atoms with Crippen LogP contribution in [0.1, 0.15) is 17.5 Å². The average molecular weight is 322 g/mol. The van der Waals surface area contributed by atoms with E-state index in [-0.39, 0.29) is 5.71 Å². The van der Waals surface area contributed by atoms with Gasteiger partial charge < -0.3 is 9.94 Å². The van der Waals surface area contributed by atoms with Crippen molar-refractivity contribution in [3.8, 4) is 11.1 Å². The van der Waals surface area contributed by atoms with E-state index in [1.807, 2.05) is 13.0 Å². The molecule has 1 aliphatic heterocycles. The van der Waals surface area contributed by atoms with Gasteiger partial charge in [0.25, 0.3) is 0 Å². The van der Waals surface area contributed by atoms with E-state index in [1.54, 1.807) is 36.7 Å². The molecule has 1 aliphatic rings. The molecule has 2 aromatic rings. The van der Waals surface area contributed by atoms with Gasteiger partial charge in [-0.25, -0.2) is 0 Å². The van der Waals surface area contributed by atoms with Gasteiger partial charge in [-0.1, -0.05) is 29.4 Å². The third-order valence-electron chi connectivity index (χ3n) is 3.58. The van der Waals surface area contributed by atoms with Crippen LogP contribution < -0.4 is 0 Å². The number of hydrogen-bond acceptors (Lipinski definition) is 4. The molecule has 0 aliphatic carbocycles. The maximum atomic E-state index is 12.7. The number of aryl methyl sites for hydroxylation is 1. The largest absolute Gasteiger partial charge is 0.458 e. The Labute approximate surface area is 130 Å². The third-order valence-corrected chi connectivity index (χ3v) is 3.58. The monoisotopic (exact) mass is 322 g/mol. The second-order valence-corrected chi connectivity index (χ2v) is 5.42. The second-order valence-electron chi connectivity index (χ2n) is 5.42. The number of pyridine rings is 1. The molecule has 0 saturated carbocycles. The van der Waals surface area contributed by atoms with Crippen molar-refractivity contribution in [1.82, 2.24) is 4.98 Å². The molecule has 7 heteroatoms. The molecule has 0 fully saturated rings. The Kier molecular flexibility index (Phi) is 3.60. The first-order valence-corrected chi connectivity index (χ1v) is 6.85. The lowest BCUT2D eigenvalue weighted by Crippen LogP contribution is -2.45. The highest BCUT2D eigenvalue weighted by Crippen LogP contribution is 2.39.